The normalized spacial score (nSPS) is 16.7. The minimum Gasteiger partial charge on any atom is -0.744 e. The van der Waals surface area contributed by atoms with Gasteiger partial charge in [-0.15, -0.1) is 0 Å². The quantitative estimate of drug-likeness (QED) is 0.234. The van der Waals surface area contributed by atoms with Crippen LogP contribution in [0.25, 0.3) is 0 Å². The van der Waals surface area contributed by atoms with Crippen LogP contribution in [0, 0.1) is 0 Å². The summed E-state index contributed by atoms with van der Waals surface area (Å²) in [7, 11) is -5.38. The van der Waals surface area contributed by atoms with Crippen molar-refractivity contribution in [2.75, 3.05) is 0 Å². The summed E-state index contributed by atoms with van der Waals surface area (Å²) in [6.45, 7) is 0. The van der Waals surface area contributed by atoms with E-state index in [9.17, 15) is 78.8 Å². The van der Waals surface area contributed by atoms with Gasteiger partial charge in [0.05, 0.1) is 4.90 Å². The van der Waals surface area contributed by atoms with E-state index >= 15 is 0 Å². The van der Waals surface area contributed by atoms with Crippen LogP contribution in [0.15, 0.2) is 40.3 Å². The monoisotopic (exact) mass is 576 g/mol. The van der Waals surface area contributed by atoms with Crippen LogP contribution in [0.3, 0.4) is 0 Å². The number of benzene rings is 1. The van der Waals surface area contributed by atoms with E-state index in [0.29, 0.717) is 0 Å². The van der Waals surface area contributed by atoms with E-state index in [1.807, 2.05) is 0 Å². The number of allylic oxidation sites excluding steroid dienone is 1. The second kappa shape index (κ2) is 9.82. The number of alkyl halides is 15. The maximum Gasteiger partial charge on any atom is 1.00 e. The number of halogens is 15. The molecule has 0 amide bonds. The average Bonchev–Trinajstić information content (AvgIpc) is 2.54. The van der Waals surface area contributed by atoms with Crippen molar-refractivity contribution in [1.82, 2.24) is 0 Å². The molecule has 0 aliphatic carbocycles. The third-order valence-electron chi connectivity index (χ3n) is 3.54. The molecule has 0 aromatic heterocycles. The van der Waals surface area contributed by atoms with Crippen LogP contribution < -0.4 is 34.3 Å². The molecule has 1 aromatic carbocycles. The van der Waals surface area contributed by atoms with Crippen molar-refractivity contribution >= 4 is 10.1 Å². The van der Waals surface area contributed by atoms with Crippen molar-refractivity contribution in [3.63, 3.8) is 0 Å². The van der Waals surface area contributed by atoms with Crippen LogP contribution in [0.1, 0.15) is 0 Å². The van der Waals surface area contributed by atoms with Gasteiger partial charge in [-0.25, -0.2) is 8.42 Å². The number of hydrogen-bond acceptors (Lipinski definition) is 4. The van der Waals surface area contributed by atoms with Gasteiger partial charge in [-0.05, 0) is 24.3 Å². The van der Waals surface area contributed by atoms with Crippen molar-refractivity contribution in [1.29, 1.82) is 0 Å². The molecule has 1 unspecified atom stereocenters. The van der Waals surface area contributed by atoms with Gasteiger partial charge in [0.15, 0.2) is 0 Å². The van der Waals surface area contributed by atoms with E-state index in [1.165, 1.54) is 0 Å². The van der Waals surface area contributed by atoms with Gasteiger partial charge in [-0.1, -0.05) is 0 Å². The van der Waals surface area contributed by atoms with Crippen LogP contribution in [0.2, 0.25) is 0 Å². The summed E-state index contributed by atoms with van der Waals surface area (Å²) < 4.78 is 232. The van der Waals surface area contributed by atoms with Gasteiger partial charge in [-0.3, -0.25) is 0 Å². The topological polar surface area (TPSA) is 66.4 Å². The molecule has 0 fully saturated rings. The Hall–Kier alpha value is -1.38. The Labute approximate surface area is 205 Å². The zero-order valence-electron chi connectivity index (χ0n) is 16.0. The maximum absolute atomic E-state index is 14.7. The predicted molar refractivity (Wildman–Crippen MR) is 75.1 cm³/mol. The summed E-state index contributed by atoms with van der Waals surface area (Å²) in [5.41, 5.74) is -10.4. The van der Waals surface area contributed by atoms with Gasteiger partial charge in [0.1, 0.15) is 27.0 Å². The summed E-state index contributed by atoms with van der Waals surface area (Å²) in [6, 6.07) is -0.511. The van der Waals surface area contributed by atoms with Crippen LogP contribution >= 0.6 is 0 Å². The third-order valence-corrected chi connectivity index (χ3v) is 4.39. The molecule has 21 heteroatoms. The van der Waals surface area contributed by atoms with E-state index < -0.39 is 68.4 Å². The summed E-state index contributed by atoms with van der Waals surface area (Å²) in [5, 5.41) is 0. The van der Waals surface area contributed by atoms with Crippen molar-refractivity contribution in [3.8, 4) is 5.75 Å². The fourth-order valence-corrected chi connectivity index (χ4v) is 2.66. The molecule has 1 rings (SSSR count). The molecule has 0 aliphatic rings. The Kier molecular flexibility index (Phi) is 9.44. The third kappa shape index (κ3) is 7.10. The fourth-order valence-electron chi connectivity index (χ4n) is 2.19. The molecular weight excluding hydrogens is 572 g/mol. The Morgan fingerprint density at radius 1 is 0.657 bits per heavy atom. The molecule has 0 radical (unpaired) electrons. The van der Waals surface area contributed by atoms with Crippen LogP contribution in [0.4, 0.5) is 65.9 Å². The SMILES string of the molecule is O=S(=O)([O-])c1ccc(OC(F)(C(=C(C(F)(F)F)C(F)(F)C(F)(F)F)C(F)(F)F)C(F)(F)F)cc1.[Na+]. The molecule has 0 aliphatic heterocycles. The Balaban J connectivity index is 0.0000116. The van der Waals surface area contributed by atoms with E-state index in [4.69, 9.17) is 0 Å². The van der Waals surface area contributed by atoms with E-state index in [0.717, 1.165) is 0 Å². The molecule has 0 N–H and O–H groups in total. The van der Waals surface area contributed by atoms with Gasteiger partial charge in [-0.2, -0.15) is 65.9 Å². The summed E-state index contributed by atoms with van der Waals surface area (Å²) in [5.74, 6) is -16.7. The van der Waals surface area contributed by atoms with Crippen molar-refractivity contribution in [2.24, 2.45) is 0 Å². The van der Waals surface area contributed by atoms with Gasteiger partial charge < -0.3 is 9.29 Å². The largest absolute Gasteiger partial charge is 1.00 e. The Morgan fingerprint density at radius 2 is 1.03 bits per heavy atom. The summed E-state index contributed by atoms with van der Waals surface area (Å²) >= 11 is 0. The van der Waals surface area contributed by atoms with Crippen molar-refractivity contribution in [2.45, 2.75) is 41.4 Å². The van der Waals surface area contributed by atoms with Crippen LogP contribution in [-0.2, 0) is 10.1 Å². The molecule has 0 saturated heterocycles. The predicted octanol–water partition coefficient (Wildman–Crippen LogP) is 2.82. The molecule has 0 bridgehead atoms. The Bertz CT molecular complexity index is 1040. The fraction of sp³-hybridized carbons (Fsp3) is 0.429. The molecule has 0 spiro atoms. The van der Waals surface area contributed by atoms with E-state index in [-0.39, 0.29) is 53.8 Å². The minimum absolute atomic E-state index is 0. The van der Waals surface area contributed by atoms with Crippen LogP contribution in [-0.4, -0.2) is 49.5 Å². The molecule has 4 nitrogen and oxygen atoms in total. The molecule has 35 heavy (non-hydrogen) atoms. The van der Waals surface area contributed by atoms with E-state index in [2.05, 4.69) is 4.74 Å². The zero-order valence-corrected chi connectivity index (χ0v) is 18.8. The molecule has 1 atom stereocenters. The first-order chi connectivity index (χ1) is 14.7. The Morgan fingerprint density at radius 3 is 1.29 bits per heavy atom. The molecule has 0 heterocycles. The molecule has 1 aromatic rings. The number of ether oxygens (including phenoxy) is 1. The second-order valence-corrected chi connectivity index (χ2v) is 7.32. The standard InChI is InChI=1S/C14H5F15O4S.Na/c15-9(16,13(24,25)26)7(11(18,19)20)8(12(21,22)23)10(17,14(27,28)29)33-5-1-3-6(4-2-5)34(30,31)32;/h1-4H,(H,30,31,32);/q;+1/p-1. The van der Waals surface area contributed by atoms with Gasteiger partial charge >= 0.3 is 66.0 Å². The smallest absolute Gasteiger partial charge is 0.744 e. The van der Waals surface area contributed by atoms with Gasteiger partial charge in [0.2, 0.25) is 0 Å². The van der Waals surface area contributed by atoms with E-state index in [1.54, 1.807) is 0 Å². The first kappa shape index (κ1) is 33.6. The first-order valence-electron chi connectivity index (χ1n) is 7.52. The number of rotatable bonds is 5. The molecular formula is C14H4F15NaO4S. The molecule has 0 saturated carbocycles. The summed E-state index contributed by atoms with van der Waals surface area (Å²) in [6.07, 6.45) is -30.1. The second-order valence-electron chi connectivity index (χ2n) is 5.94. The zero-order chi connectivity index (χ0) is 27.3. The van der Waals surface area contributed by atoms with Crippen molar-refractivity contribution < 1.29 is 113 Å². The molecule has 196 valence electrons. The van der Waals surface area contributed by atoms with Gasteiger partial charge in [0.25, 0.3) is 0 Å². The number of hydrogen-bond donors (Lipinski definition) is 0. The van der Waals surface area contributed by atoms with Gasteiger partial charge in [0, 0.05) is 0 Å². The van der Waals surface area contributed by atoms with Crippen LogP contribution in [0.5, 0.6) is 5.75 Å². The first-order valence-corrected chi connectivity index (χ1v) is 8.93. The minimum atomic E-state index is -7.73. The average molecular weight is 576 g/mol. The summed E-state index contributed by atoms with van der Waals surface area (Å²) in [4.78, 5) is -1.33. The van der Waals surface area contributed by atoms with Crippen molar-refractivity contribution in [3.05, 3.63) is 35.4 Å². The maximum atomic E-state index is 14.7.